The molecule has 0 aliphatic heterocycles. The molecule has 0 heterocycles. The zero-order valence-corrected chi connectivity index (χ0v) is 16.0. The summed E-state index contributed by atoms with van der Waals surface area (Å²) in [4.78, 5) is 0. The summed E-state index contributed by atoms with van der Waals surface area (Å²) in [6, 6.07) is 0. The largest absolute Gasteiger partial charge is 0 e. The van der Waals surface area contributed by atoms with Crippen LogP contribution in [0.2, 0.25) is 0 Å². The molecule has 0 spiro atoms. The van der Waals surface area contributed by atoms with Gasteiger partial charge >= 0.3 is 0 Å². The summed E-state index contributed by atoms with van der Waals surface area (Å²) in [6.45, 7) is 0. The molecular weight excluding hydrogens is 535 g/mol. The van der Waals surface area contributed by atoms with Crippen LogP contribution in [0.1, 0.15) is 0 Å². The van der Waals surface area contributed by atoms with E-state index in [-0.39, 0.29) is 131 Å². The van der Waals surface area contributed by atoms with Gasteiger partial charge in [-0.15, -0.1) is 0 Å². The molecule has 4 heavy (non-hydrogen) atoms. The van der Waals surface area contributed by atoms with Crippen LogP contribution in [-0.4, -0.2) is 23.9 Å². The van der Waals surface area contributed by atoms with E-state index >= 15 is 0 Å². The minimum Gasteiger partial charge on any atom is 0 e. The van der Waals surface area contributed by atoms with Crippen LogP contribution in [0.15, 0.2) is 0 Å². The van der Waals surface area contributed by atoms with Gasteiger partial charge in [-0.2, -0.15) is 0 Å². The van der Waals surface area contributed by atoms with Gasteiger partial charge in [-0.1, -0.05) is 0 Å². The summed E-state index contributed by atoms with van der Waals surface area (Å²) in [6.07, 6.45) is 0. The van der Waals surface area contributed by atoms with Gasteiger partial charge in [0.15, 0.2) is 0 Å². The minimum absolute atomic E-state index is 0. The van der Waals surface area contributed by atoms with Gasteiger partial charge in [0.25, 0.3) is 0 Å². The first-order chi connectivity index (χ1) is 0. The molecule has 0 saturated heterocycles. The summed E-state index contributed by atoms with van der Waals surface area (Å²) in [5.74, 6) is 0. The normalized spacial score (nSPS) is 0. The maximum absolute atomic E-state index is 0. The molecule has 0 amide bonds. The molecule has 0 rings (SSSR count). The third-order valence-corrected chi connectivity index (χ3v) is 0. The minimum atomic E-state index is 0. The van der Waals surface area contributed by atoms with Crippen molar-refractivity contribution in [1.82, 2.24) is 0 Å². The van der Waals surface area contributed by atoms with Crippen molar-refractivity contribution in [2.75, 3.05) is 0 Å². The van der Waals surface area contributed by atoms with E-state index < -0.39 is 0 Å². The van der Waals surface area contributed by atoms with Gasteiger partial charge in [0.1, 0.15) is 0 Å². The first kappa shape index (κ1) is 23.8. The summed E-state index contributed by atoms with van der Waals surface area (Å²) >= 11 is 0. The van der Waals surface area contributed by atoms with Crippen molar-refractivity contribution >= 4 is 23.9 Å². The van der Waals surface area contributed by atoms with E-state index in [1.807, 2.05) is 0 Å². The third-order valence-electron chi connectivity index (χ3n) is 0. The van der Waals surface area contributed by atoms with Crippen LogP contribution in [-0.2, 0) is 0 Å². The van der Waals surface area contributed by atoms with Crippen molar-refractivity contribution in [2.45, 2.75) is 0 Å². The van der Waals surface area contributed by atoms with Crippen LogP contribution < -0.4 is 0 Å². The average molecular weight is 535 g/mol. The molecule has 0 bridgehead atoms. The van der Waals surface area contributed by atoms with Crippen LogP contribution >= 0.6 is 0 Å². The number of rotatable bonds is 0. The van der Waals surface area contributed by atoms with Gasteiger partial charge in [-0.25, -0.2) is 0 Å². The first-order valence-electron chi connectivity index (χ1n) is 0. The molecular formula is La3Sn. The van der Waals surface area contributed by atoms with Gasteiger partial charge in [0.05, 0.1) is 0 Å². The maximum Gasteiger partial charge on any atom is 0 e. The molecule has 0 aromatic heterocycles. The summed E-state index contributed by atoms with van der Waals surface area (Å²) in [5.41, 5.74) is 0. The fourth-order valence-corrected chi connectivity index (χ4v) is 0. The van der Waals surface area contributed by atoms with E-state index in [0.29, 0.717) is 0 Å². The molecule has 7 radical (unpaired) electrons. The molecule has 0 nitrogen and oxygen atoms in total. The monoisotopic (exact) mass is 537 g/mol. The van der Waals surface area contributed by atoms with E-state index in [0.717, 1.165) is 0 Å². The Kier molecular flexibility index (Phi) is 93.1. The van der Waals surface area contributed by atoms with Crippen LogP contribution in [0.3, 0.4) is 0 Å². The Labute approximate surface area is 127 Å². The number of hydrogen-bond donors (Lipinski definition) is 0. The topological polar surface area (TPSA) is 0 Å². The van der Waals surface area contributed by atoms with E-state index in [9.17, 15) is 0 Å². The Morgan fingerprint density at radius 2 is 0.500 bits per heavy atom. The fourth-order valence-electron chi connectivity index (χ4n) is 0. The van der Waals surface area contributed by atoms with Gasteiger partial charge in [-0.3, -0.25) is 0 Å². The van der Waals surface area contributed by atoms with Gasteiger partial charge in [0.2, 0.25) is 0 Å². The van der Waals surface area contributed by atoms with Crippen molar-refractivity contribution in [3.63, 3.8) is 0 Å². The smallest absolute Gasteiger partial charge is 0 e. The van der Waals surface area contributed by atoms with Crippen LogP contribution in [0, 0.1) is 107 Å². The van der Waals surface area contributed by atoms with Crippen molar-refractivity contribution < 1.29 is 107 Å². The van der Waals surface area contributed by atoms with Crippen molar-refractivity contribution in [3.8, 4) is 0 Å². The molecule has 13 valence electrons. The molecule has 0 aliphatic rings. The molecule has 0 N–H and O–H groups in total. The molecule has 0 aromatic rings. The fraction of sp³-hybridized carbons (Fsp3) is 0. The van der Waals surface area contributed by atoms with E-state index in [1.54, 1.807) is 0 Å². The standard InChI is InChI=1S/3La.Sn. The van der Waals surface area contributed by atoms with E-state index in [4.69, 9.17) is 0 Å². The molecule has 0 aromatic carbocycles. The second kappa shape index (κ2) is 15.7. The van der Waals surface area contributed by atoms with Gasteiger partial charge in [0, 0.05) is 131 Å². The van der Waals surface area contributed by atoms with Crippen molar-refractivity contribution in [3.05, 3.63) is 0 Å². The maximum atomic E-state index is 0. The second-order valence-corrected chi connectivity index (χ2v) is 0. The molecule has 0 aliphatic carbocycles. The predicted octanol–water partition coefficient (Wildman–Crippen LogP) is -0.381. The molecule has 0 saturated carbocycles. The molecule has 0 fully saturated rings. The van der Waals surface area contributed by atoms with E-state index in [1.165, 1.54) is 0 Å². The zero-order valence-electron chi connectivity index (χ0n) is 2.23. The van der Waals surface area contributed by atoms with E-state index in [2.05, 4.69) is 0 Å². The number of hydrogen-bond acceptors (Lipinski definition) is 0. The molecule has 4 heteroatoms. The SMILES string of the molecule is [La].[La].[La].[Sn]. The predicted molar refractivity (Wildman–Crippen MR) is 5.75 cm³/mol. The summed E-state index contributed by atoms with van der Waals surface area (Å²) < 4.78 is 0. The van der Waals surface area contributed by atoms with Crippen LogP contribution in [0.5, 0.6) is 0 Å². The van der Waals surface area contributed by atoms with Crippen molar-refractivity contribution in [2.24, 2.45) is 0 Å². The summed E-state index contributed by atoms with van der Waals surface area (Å²) in [7, 11) is 0. The second-order valence-electron chi connectivity index (χ2n) is 0. The Hall–Kier alpha value is 4.38. The summed E-state index contributed by atoms with van der Waals surface area (Å²) in [5, 5.41) is 0. The quantitative estimate of drug-likeness (QED) is 0.372. The Morgan fingerprint density at radius 3 is 0.500 bits per heavy atom. The first-order valence-corrected chi connectivity index (χ1v) is 0. The van der Waals surface area contributed by atoms with Crippen LogP contribution in [0.4, 0.5) is 0 Å². The third kappa shape index (κ3) is 9.63. The van der Waals surface area contributed by atoms with Gasteiger partial charge < -0.3 is 0 Å². The van der Waals surface area contributed by atoms with Crippen molar-refractivity contribution in [1.29, 1.82) is 0 Å². The molecule has 0 atom stereocenters. The van der Waals surface area contributed by atoms with Gasteiger partial charge in [-0.05, 0) is 0 Å². The Bertz CT molecular complexity index is 3.25. The Morgan fingerprint density at radius 1 is 0.500 bits per heavy atom. The van der Waals surface area contributed by atoms with Crippen LogP contribution in [0.25, 0.3) is 0 Å². The Balaban J connectivity index is 0. The average Bonchev–Trinajstić information content (AvgIpc) is 0. The molecule has 0 unspecified atom stereocenters. The zero-order chi connectivity index (χ0) is 0.